The fraction of sp³-hybridized carbons (Fsp3) is 0.389. The summed E-state index contributed by atoms with van der Waals surface area (Å²) in [5.41, 5.74) is 1.23. The van der Waals surface area contributed by atoms with Gasteiger partial charge in [0.1, 0.15) is 5.82 Å². The van der Waals surface area contributed by atoms with E-state index in [2.05, 4.69) is 56.3 Å². The van der Waals surface area contributed by atoms with E-state index in [1.165, 1.54) is 18.1 Å². The first-order valence-electron chi connectivity index (χ1n) is 8.47. The maximum absolute atomic E-state index is 10.8. The van der Waals surface area contributed by atoms with E-state index in [1.54, 1.807) is 0 Å². The largest absolute Gasteiger partial charge is 0.476 e. The molecule has 2 N–H and O–H groups in total. The van der Waals surface area contributed by atoms with Crippen LogP contribution in [0, 0.1) is 0 Å². The van der Waals surface area contributed by atoms with E-state index in [0.29, 0.717) is 11.9 Å². The summed E-state index contributed by atoms with van der Waals surface area (Å²) in [5.74, 6) is -0.469. The van der Waals surface area contributed by atoms with E-state index in [4.69, 9.17) is 5.11 Å². The molecule has 2 aromatic rings. The molecular formula is C18H23N5O2. The van der Waals surface area contributed by atoms with Gasteiger partial charge in [-0.05, 0) is 19.1 Å². The zero-order chi connectivity index (χ0) is 17.6. The standard InChI is InChI=1S/C18H23N5O2/c1-14(11-20-17-13-19-16(12-21-17)18(24)25)22-7-9-23(10-8-22)15-5-3-2-4-6-15/h2-6,12-14H,7-11H2,1H3,(H,20,21)(H,24,25). The number of carbonyl (C=O) groups is 1. The molecule has 132 valence electrons. The van der Waals surface area contributed by atoms with Crippen LogP contribution in [0.15, 0.2) is 42.7 Å². The van der Waals surface area contributed by atoms with Crippen molar-refractivity contribution in [3.05, 3.63) is 48.4 Å². The molecule has 1 fully saturated rings. The number of nitrogens with one attached hydrogen (secondary N) is 1. The number of piperazine rings is 1. The SMILES string of the molecule is CC(CNc1cnc(C(=O)O)cn1)N1CCN(c2ccccc2)CC1. The highest BCUT2D eigenvalue weighted by Gasteiger charge is 2.21. The van der Waals surface area contributed by atoms with Crippen LogP contribution in [0.25, 0.3) is 0 Å². The van der Waals surface area contributed by atoms with Crippen molar-refractivity contribution in [1.29, 1.82) is 0 Å². The monoisotopic (exact) mass is 341 g/mol. The Balaban J connectivity index is 1.46. The Hall–Kier alpha value is -2.67. The second-order valence-corrected chi connectivity index (χ2v) is 6.18. The number of hydrogen-bond acceptors (Lipinski definition) is 6. The minimum Gasteiger partial charge on any atom is -0.476 e. The molecule has 1 unspecified atom stereocenters. The topological polar surface area (TPSA) is 81.6 Å². The number of para-hydroxylation sites is 1. The van der Waals surface area contributed by atoms with Crippen LogP contribution in [0.1, 0.15) is 17.4 Å². The maximum Gasteiger partial charge on any atom is 0.356 e. The molecule has 1 atom stereocenters. The van der Waals surface area contributed by atoms with Gasteiger partial charge in [-0.25, -0.2) is 14.8 Å². The van der Waals surface area contributed by atoms with Crippen LogP contribution in [0.3, 0.4) is 0 Å². The van der Waals surface area contributed by atoms with Crippen LogP contribution < -0.4 is 10.2 Å². The zero-order valence-electron chi connectivity index (χ0n) is 14.3. The number of aromatic carboxylic acids is 1. The highest BCUT2D eigenvalue weighted by atomic mass is 16.4. The van der Waals surface area contributed by atoms with Crippen molar-refractivity contribution in [2.45, 2.75) is 13.0 Å². The van der Waals surface area contributed by atoms with Crippen LogP contribution in [0.5, 0.6) is 0 Å². The third-order valence-electron chi connectivity index (χ3n) is 4.51. The molecule has 7 heteroatoms. The van der Waals surface area contributed by atoms with Crippen LogP contribution >= 0.6 is 0 Å². The first kappa shape index (κ1) is 17.2. The number of carboxylic acid groups (broad SMARTS) is 1. The van der Waals surface area contributed by atoms with Gasteiger partial charge < -0.3 is 15.3 Å². The summed E-state index contributed by atoms with van der Waals surface area (Å²) in [5, 5.41) is 12.1. The molecule has 0 saturated carbocycles. The van der Waals surface area contributed by atoms with Gasteiger partial charge in [-0.2, -0.15) is 0 Å². The lowest BCUT2D eigenvalue weighted by Crippen LogP contribution is -2.51. The van der Waals surface area contributed by atoms with E-state index in [-0.39, 0.29) is 5.69 Å². The van der Waals surface area contributed by atoms with Crippen molar-refractivity contribution in [1.82, 2.24) is 14.9 Å². The highest BCUT2D eigenvalue weighted by molar-refractivity contribution is 5.84. The van der Waals surface area contributed by atoms with Crippen LogP contribution in [0.4, 0.5) is 11.5 Å². The molecule has 0 bridgehead atoms. The van der Waals surface area contributed by atoms with E-state index in [9.17, 15) is 4.79 Å². The van der Waals surface area contributed by atoms with E-state index >= 15 is 0 Å². The number of anilines is 2. The number of carboxylic acids is 1. The molecule has 1 saturated heterocycles. The fourth-order valence-corrected chi connectivity index (χ4v) is 2.97. The smallest absolute Gasteiger partial charge is 0.356 e. The predicted molar refractivity (Wildman–Crippen MR) is 97.2 cm³/mol. The molecule has 1 aromatic carbocycles. The van der Waals surface area contributed by atoms with Gasteiger partial charge in [0.05, 0.1) is 12.4 Å². The fourth-order valence-electron chi connectivity index (χ4n) is 2.97. The minimum absolute atomic E-state index is 0.0457. The summed E-state index contributed by atoms with van der Waals surface area (Å²) in [6.07, 6.45) is 2.73. The zero-order valence-corrected chi connectivity index (χ0v) is 14.3. The lowest BCUT2D eigenvalue weighted by atomic mass is 10.2. The van der Waals surface area contributed by atoms with Gasteiger partial charge in [-0.1, -0.05) is 18.2 Å². The van der Waals surface area contributed by atoms with Gasteiger partial charge in [-0.15, -0.1) is 0 Å². The molecule has 25 heavy (non-hydrogen) atoms. The van der Waals surface area contributed by atoms with Crippen molar-refractivity contribution in [3.63, 3.8) is 0 Å². The normalized spacial score (nSPS) is 16.4. The first-order chi connectivity index (χ1) is 12.1. The quantitative estimate of drug-likeness (QED) is 0.829. The molecule has 0 spiro atoms. The van der Waals surface area contributed by atoms with Crippen molar-refractivity contribution in [2.75, 3.05) is 42.9 Å². The molecule has 7 nitrogen and oxygen atoms in total. The highest BCUT2D eigenvalue weighted by Crippen LogP contribution is 2.16. The Bertz CT molecular complexity index is 684. The molecule has 0 radical (unpaired) electrons. The summed E-state index contributed by atoms with van der Waals surface area (Å²) >= 11 is 0. The van der Waals surface area contributed by atoms with Gasteiger partial charge in [-0.3, -0.25) is 4.90 Å². The number of benzene rings is 1. The van der Waals surface area contributed by atoms with Gasteiger partial charge in [0.15, 0.2) is 5.69 Å². The van der Waals surface area contributed by atoms with Gasteiger partial charge in [0, 0.05) is 44.5 Å². The summed E-state index contributed by atoms with van der Waals surface area (Å²) < 4.78 is 0. The van der Waals surface area contributed by atoms with Crippen LogP contribution in [0.2, 0.25) is 0 Å². The molecule has 1 aromatic heterocycles. The third-order valence-corrected chi connectivity index (χ3v) is 4.51. The Labute approximate surface area is 147 Å². The van der Waals surface area contributed by atoms with E-state index in [0.717, 1.165) is 32.7 Å². The average molecular weight is 341 g/mol. The van der Waals surface area contributed by atoms with Crippen molar-refractivity contribution in [3.8, 4) is 0 Å². The number of aromatic nitrogens is 2. The Kier molecular flexibility index (Phi) is 5.45. The van der Waals surface area contributed by atoms with E-state index < -0.39 is 5.97 Å². The summed E-state index contributed by atoms with van der Waals surface area (Å²) in [6, 6.07) is 10.9. The second kappa shape index (κ2) is 7.94. The third kappa shape index (κ3) is 4.45. The molecule has 2 heterocycles. The van der Waals surface area contributed by atoms with Crippen molar-refractivity contribution >= 4 is 17.5 Å². The van der Waals surface area contributed by atoms with Crippen LogP contribution in [-0.2, 0) is 0 Å². The molecule has 0 aliphatic carbocycles. The summed E-state index contributed by atoms with van der Waals surface area (Å²) in [4.78, 5) is 23.6. The Morgan fingerprint density at radius 3 is 2.48 bits per heavy atom. The molecule has 3 rings (SSSR count). The van der Waals surface area contributed by atoms with Crippen molar-refractivity contribution < 1.29 is 9.90 Å². The first-order valence-corrected chi connectivity index (χ1v) is 8.47. The number of hydrogen-bond donors (Lipinski definition) is 2. The summed E-state index contributed by atoms with van der Waals surface area (Å²) in [7, 11) is 0. The lowest BCUT2D eigenvalue weighted by Gasteiger charge is -2.39. The molecule has 0 amide bonds. The lowest BCUT2D eigenvalue weighted by molar-refractivity contribution is 0.0690. The van der Waals surface area contributed by atoms with Gasteiger partial charge >= 0.3 is 5.97 Å². The number of rotatable bonds is 6. The summed E-state index contributed by atoms with van der Waals surface area (Å²) in [6.45, 7) is 6.99. The molecular weight excluding hydrogens is 318 g/mol. The minimum atomic E-state index is -1.07. The Morgan fingerprint density at radius 2 is 1.88 bits per heavy atom. The second-order valence-electron chi connectivity index (χ2n) is 6.18. The molecule has 1 aliphatic rings. The van der Waals surface area contributed by atoms with E-state index in [1.807, 2.05) is 6.07 Å². The van der Waals surface area contributed by atoms with Crippen molar-refractivity contribution in [2.24, 2.45) is 0 Å². The average Bonchev–Trinajstić information content (AvgIpc) is 2.67. The van der Waals surface area contributed by atoms with Gasteiger partial charge in [0.25, 0.3) is 0 Å². The maximum atomic E-state index is 10.8. The Morgan fingerprint density at radius 1 is 1.16 bits per heavy atom. The number of nitrogens with zero attached hydrogens (tertiary/aromatic N) is 4. The van der Waals surface area contributed by atoms with Gasteiger partial charge in [0.2, 0.25) is 0 Å². The molecule has 1 aliphatic heterocycles. The predicted octanol–water partition coefficient (Wildman–Crippen LogP) is 1.80. The van der Waals surface area contributed by atoms with Crippen LogP contribution in [-0.4, -0.2) is 64.7 Å².